The standard InChI is InChI=1S/C7H18O2Si/c1-3-4-5-9-10-7-6-8-2/h3-7,10H2,1-2H3. The highest BCUT2D eigenvalue weighted by Gasteiger charge is 1.87. The highest BCUT2D eigenvalue weighted by molar-refractivity contribution is 6.27. The van der Waals surface area contributed by atoms with Gasteiger partial charge in [-0.3, -0.25) is 0 Å². The third-order valence-corrected chi connectivity index (χ3v) is 2.43. The molecule has 0 radical (unpaired) electrons. The highest BCUT2D eigenvalue weighted by Crippen LogP contribution is 1.88. The van der Waals surface area contributed by atoms with Crippen molar-refractivity contribution in [2.24, 2.45) is 0 Å². The molecule has 0 saturated heterocycles. The van der Waals surface area contributed by atoms with E-state index in [1.807, 2.05) is 0 Å². The fraction of sp³-hybridized carbons (Fsp3) is 1.00. The molecule has 10 heavy (non-hydrogen) atoms. The van der Waals surface area contributed by atoms with Gasteiger partial charge in [-0.1, -0.05) is 13.3 Å². The molecule has 3 heteroatoms. The summed E-state index contributed by atoms with van der Waals surface area (Å²) in [6.45, 7) is 4.02. The van der Waals surface area contributed by atoms with Crippen LogP contribution in [0.2, 0.25) is 6.04 Å². The van der Waals surface area contributed by atoms with Gasteiger partial charge in [0, 0.05) is 20.3 Å². The molecular formula is C7H18O2Si. The number of ether oxygens (including phenoxy) is 1. The van der Waals surface area contributed by atoms with Gasteiger partial charge in [-0.15, -0.1) is 0 Å². The zero-order chi connectivity index (χ0) is 7.66. The maximum atomic E-state index is 5.44. The summed E-state index contributed by atoms with van der Waals surface area (Å²) < 4.78 is 10.3. The Kier molecular flexibility index (Phi) is 9.26. The minimum absolute atomic E-state index is 0.245. The van der Waals surface area contributed by atoms with Gasteiger partial charge in [0.25, 0.3) is 0 Å². The van der Waals surface area contributed by atoms with E-state index in [1.54, 1.807) is 7.11 Å². The van der Waals surface area contributed by atoms with Crippen LogP contribution in [0.5, 0.6) is 0 Å². The first kappa shape index (κ1) is 10.1. The SMILES string of the molecule is CCCCO[SiH2]CCOC. The first-order chi connectivity index (χ1) is 4.91. The van der Waals surface area contributed by atoms with Crippen molar-refractivity contribution in [3.8, 4) is 0 Å². The summed E-state index contributed by atoms with van der Waals surface area (Å²) in [6, 6.07) is 1.15. The molecule has 0 aliphatic carbocycles. The molecule has 0 heterocycles. The number of methoxy groups -OCH3 is 1. The maximum absolute atomic E-state index is 5.44. The van der Waals surface area contributed by atoms with Crippen LogP contribution >= 0.6 is 0 Å². The quantitative estimate of drug-likeness (QED) is 0.410. The normalized spacial score (nSPS) is 11.4. The lowest BCUT2D eigenvalue weighted by atomic mass is 10.4. The number of hydrogen-bond acceptors (Lipinski definition) is 2. The van der Waals surface area contributed by atoms with Gasteiger partial charge in [-0.05, 0) is 12.5 Å². The maximum Gasteiger partial charge on any atom is 0.163 e. The van der Waals surface area contributed by atoms with E-state index < -0.39 is 0 Å². The van der Waals surface area contributed by atoms with Crippen molar-refractivity contribution < 1.29 is 9.16 Å². The summed E-state index contributed by atoms with van der Waals surface area (Å²) in [7, 11) is 1.49. The van der Waals surface area contributed by atoms with Crippen LogP contribution in [0.1, 0.15) is 19.8 Å². The molecule has 0 aromatic heterocycles. The van der Waals surface area contributed by atoms with Crippen molar-refractivity contribution in [3.05, 3.63) is 0 Å². The lowest BCUT2D eigenvalue weighted by Gasteiger charge is -2.00. The molecule has 0 aliphatic rings. The van der Waals surface area contributed by atoms with Gasteiger partial charge in [0.15, 0.2) is 9.76 Å². The topological polar surface area (TPSA) is 18.5 Å². The Morgan fingerprint density at radius 2 is 2.10 bits per heavy atom. The first-order valence-electron chi connectivity index (χ1n) is 3.98. The molecule has 0 amide bonds. The van der Waals surface area contributed by atoms with E-state index in [0.29, 0.717) is 0 Å². The molecule has 0 fully saturated rings. The molecule has 2 nitrogen and oxygen atoms in total. The molecule has 0 aromatic carbocycles. The molecule has 0 atom stereocenters. The minimum atomic E-state index is -0.245. The zero-order valence-electron chi connectivity index (χ0n) is 7.06. The molecule has 62 valence electrons. The monoisotopic (exact) mass is 162 g/mol. The second-order valence-corrected chi connectivity index (χ2v) is 3.84. The molecule has 0 aromatic rings. The van der Waals surface area contributed by atoms with E-state index in [4.69, 9.17) is 9.16 Å². The van der Waals surface area contributed by atoms with Crippen molar-refractivity contribution in [1.29, 1.82) is 0 Å². The Morgan fingerprint density at radius 1 is 1.30 bits per heavy atom. The average Bonchev–Trinajstić information content (AvgIpc) is 1.97. The van der Waals surface area contributed by atoms with Crippen molar-refractivity contribution in [3.63, 3.8) is 0 Å². The Balaban J connectivity index is 2.65. The smallest absolute Gasteiger partial charge is 0.163 e. The van der Waals surface area contributed by atoms with Gasteiger partial charge in [0.05, 0.1) is 0 Å². The lowest BCUT2D eigenvalue weighted by Crippen LogP contribution is -2.02. The summed E-state index contributed by atoms with van der Waals surface area (Å²) in [5.74, 6) is 0. The van der Waals surface area contributed by atoms with Gasteiger partial charge >= 0.3 is 0 Å². The molecule has 0 aliphatic heterocycles. The second-order valence-electron chi connectivity index (χ2n) is 2.31. The van der Waals surface area contributed by atoms with Crippen LogP contribution < -0.4 is 0 Å². The van der Waals surface area contributed by atoms with Crippen LogP contribution in [0.4, 0.5) is 0 Å². The molecular weight excluding hydrogens is 144 g/mol. The molecule has 0 N–H and O–H groups in total. The number of rotatable bonds is 7. The highest BCUT2D eigenvalue weighted by atomic mass is 28.2. The Labute approximate surface area is 65.9 Å². The second kappa shape index (κ2) is 9.14. The third-order valence-electron chi connectivity index (χ3n) is 1.28. The number of unbranched alkanes of at least 4 members (excludes halogenated alkanes) is 1. The Morgan fingerprint density at radius 3 is 2.70 bits per heavy atom. The Hall–Kier alpha value is 0.137. The van der Waals surface area contributed by atoms with Crippen LogP contribution in [0.25, 0.3) is 0 Å². The average molecular weight is 162 g/mol. The van der Waals surface area contributed by atoms with Gasteiger partial charge in [-0.2, -0.15) is 0 Å². The van der Waals surface area contributed by atoms with E-state index in [-0.39, 0.29) is 9.76 Å². The summed E-state index contributed by atoms with van der Waals surface area (Å²) in [4.78, 5) is 0. The summed E-state index contributed by atoms with van der Waals surface area (Å²) in [5.41, 5.74) is 0. The predicted octanol–water partition coefficient (Wildman–Crippen LogP) is 0.952. The molecule has 0 unspecified atom stereocenters. The zero-order valence-corrected chi connectivity index (χ0v) is 8.47. The lowest BCUT2D eigenvalue weighted by molar-refractivity contribution is 0.210. The fourth-order valence-corrected chi connectivity index (χ4v) is 1.67. The van der Waals surface area contributed by atoms with Crippen LogP contribution in [0.3, 0.4) is 0 Å². The summed E-state index contributed by atoms with van der Waals surface area (Å²) in [5, 5.41) is 0. The molecule has 0 spiro atoms. The number of hydrogen-bond donors (Lipinski definition) is 0. The van der Waals surface area contributed by atoms with Crippen molar-refractivity contribution in [2.75, 3.05) is 20.3 Å². The van der Waals surface area contributed by atoms with Crippen LogP contribution in [0, 0.1) is 0 Å². The van der Waals surface area contributed by atoms with Gasteiger partial charge in [0.1, 0.15) is 0 Å². The van der Waals surface area contributed by atoms with E-state index in [9.17, 15) is 0 Å². The summed E-state index contributed by atoms with van der Waals surface area (Å²) in [6.07, 6.45) is 2.44. The van der Waals surface area contributed by atoms with Crippen molar-refractivity contribution in [1.82, 2.24) is 0 Å². The van der Waals surface area contributed by atoms with Gasteiger partial charge < -0.3 is 9.16 Å². The van der Waals surface area contributed by atoms with Crippen molar-refractivity contribution >= 4 is 9.76 Å². The summed E-state index contributed by atoms with van der Waals surface area (Å²) >= 11 is 0. The first-order valence-corrected chi connectivity index (χ1v) is 5.56. The van der Waals surface area contributed by atoms with E-state index in [1.165, 1.54) is 12.8 Å². The predicted molar refractivity (Wildman–Crippen MR) is 46.1 cm³/mol. The van der Waals surface area contributed by atoms with E-state index in [0.717, 1.165) is 19.3 Å². The molecule has 0 saturated carbocycles. The van der Waals surface area contributed by atoms with E-state index >= 15 is 0 Å². The van der Waals surface area contributed by atoms with Crippen LogP contribution in [-0.4, -0.2) is 30.1 Å². The van der Waals surface area contributed by atoms with Crippen LogP contribution in [-0.2, 0) is 9.16 Å². The molecule has 0 rings (SSSR count). The largest absolute Gasteiger partial charge is 0.424 e. The van der Waals surface area contributed by atoms with Crippen LogP contribution in [0.15, 0.2) is 0 Å². The molecule has 0 bridgehead atoms. The van der Waals surface area contributed by atoms with E-state index in [2.05, 4.69) is 6.92 Å². The third kappa shape index (κ3) is 8.14. The van der Waals surface area contributed by atoms with Crippen molar-refractivity contribution in [2.45, 2.75) is 25.8 Å². The minimum Gasteiger partial charge on any atom is -0.424 e. The fourth-order valence-electron chi connectivity index (χ4n) is 0.654. The van der Waals surface area contributed by atoms with Gasteiger partial charge in [0.2, 0.25) is 0 Å². The Bertz CT molecular complexity index is 51.6. The van der Waals surface area contributed by atoms with Gasteiger partial charge in [-0.25, -0.2) is 0 Å².